The maximum absolute atomic E-state index is 11.5. The molecule has 182 valence electrons. The molecule has 2 rings (SSSR count). The number of aliphatic hydroxyl groups is 1. The lowest BCUT2D eigenvalue weighted by Gasteiger charge is -2.35. The van der Waals surface area contributed by atoms with Crippen molar-refractivity contribution in [2.75, 3.05) is 0 Å². The summed E-state index contributed by atoms with van der Waals surface area (Å²) in [4.78, 5) is 34.1. The number of aliphatic hydroxyl groups excluding tert-OH is 1. The Morgan fingerprint density at radius 1 is 1.33 bits per heavy atom. The highest BCUT2D eigenvalue weighted by Crippen LogP contribution is 2.51. The van der Waals surface area contributed by atoms with E-state index in [0.29, 0.717) is 17.9 Å². The van der Waals surface area contributed by atoms with Crippen LogP contribution in [0.15, 0.2) is 47.1 Å². The number of carbonyl (C=O) groups excluding carboxylic acids is 3. The lowest BCUT2D eigenvalue weighted by atomic mass is 9.70. The van der Waals surface area contributed by atoms with Crippen molar-refractivity contribution in [3.8, 4) is 0 Å². The fourth-order valence-corrected chi connectivity index (χ4v) is 4.99. The van der Waals surface area contributed by atoms with Crippen LogP contribution in [0.5, 0.6) is 0 Å². The van der Waals surface area contributed by atoms with Crippen molar-refractivity contribution in [3.05, 3.63) is 47.1 Å². The molecule has 0 aromatic rings. The van der Waals surface area contributed by atoms with Crippen LogP contribution in [0, 0.1) is 11.3 Å². The van der Waals surface area contributed by atoms with Gasteiger partial charge in [-0.05, 0) is 75.7 Å². The number of aldehydes is 1. The number of ether oxygens (including phenoxy) is 2. The average molecular weight is 459 g/mol. The van der Waals surface area contributed by atoms with Gasteiger partial charge in [-0.2, -0.15) is 0 Å². The maximum atomic E-state index is 11.5. The molecule has 0 radical (unpaired) electrons. The summed E-state index contributed by atoms with van der Waals surface area (Å²) < 4.78 is 9.79. The maximum Gasteiger partial charge on any atom is 0.334 e. The molecule has 0 saturated heterocycles. The van der Waals surface area contributed by atoms with E-state index in [1.54, 1.807) is 6.08 Å². The zero-order valence-electron chi connectivity index (χ0n) is 20.4. The van der Waals surface area contributed by atoms with Crippen molar-refractivity contribution in [2.24, 2.45) is 11.3 Å². The molecule has 1 aliphatic heterocycles. The summed E-state index contributed by atoms with van der Waals surface area (Å²) in [5.74, 6) is -0.610. The predicted molar refractivity (Wildman–Crippen MR) is 127 cm³/mol. The minimum Gasteiger partial charge on any atom is -0.421 e. The topological polar surface area (TPSA) is 89.9 Å². The van der Waals surface area contributed by atoms with Crippen LogP contribution in [0.25, 0.3) is 0 Å². The van der Waals surface area contributed by atoms with Gasteiger partial charge >= 0.3 is 11.9 Å². The number of hydrogen-bond donors (Lipinski definition) is 1. The van der Waals surface area contributed by atoms with Gasteiger partial charge in [0.1, 0.15) is 6.29 Å². The number of rotatable bonds is 12. The number of esters is 2. The van der Waals surface area contributed by atoms with Gasteiger partial charge in [0.25, 0.3) is 6.29 Å². The highest BCUT2D eigenvalue weighted by atomic mass is 16.7. The van der Waals surface area contributed by atoms with Crippen LogP contribution in [0.3, 0.4) is 0 Å². The third kappa shape index (κ3) is 7.26. The zero-order chi connectivity index (χ0) is 24.6. The number of cyclic esters (lactones) is 1. The van der Waals surface area contributed by atoms with Gasteiger partial charge in [0.05, 0.1) is 6.10 Å². The Morgan fingerprint density at radius 2 is 2.06 bits per heavy atom. The van der Waals surface area contributed by atoms with E-state index in [4.69, 9.17) is 9.47 Å². The number of allylic oxidation sites excluding steroid dienone is 4. The van der Waals surface area contributed by atoms with Crippen LogP contribution in [0.4, 0.5) is 0 Å². The van der Waals surface area contributed by atoms with Crippen molar-refractivity contribution in [1.82, 2.24) is 0 Å². The highest BCUT2D eigenvalue weighted by molar-refractivity contribution is 5.86. The largest absolute Gasteiger partial charge is 0.421 e. The van der Waals surface area contributed by atoms with Crippen molar-refractivity contribution < 1.29 is 29.0 Å². The number of carbonyl (C=O) groups is 3. The lowest BCUT2D eigenvalue weighted by Crippen LogP contribution is -2.25. The van der Waals surface area contributed by atoms with Gasteiger partial charge < -0.3 is 14.6 Å². The smallest absolute Gasteiger partial charge is 0.334 e. The molecule has 0 aromatic heterocycles. The highest BCUT2D eigenvalue weighted by Gasteiger charge is 2.40. The Morgan fingerprint density at radius 3 is 2.64 bits per heavy atom. The van der Waals surface area contributed by atoms with Crippen LogP contribution in [-0.4, -0.2) is 35.7 Å². The molecule has 0 spiro atoms. The van der Waals surface area contributed by atoms with E-state index in [0.717, 1.165) is 31.6 Å². The second-order valence-corrected chi connectivity index (χ2v) is 9.49. The quantitative estimate of drug-likeness (QED) is 0.189. The Labute approximate surface area is 197 Å². The van der Waals surface area contributed by atoms with Crippen LogP contribution >= 0.6 is 0 Å². The van der Waals surface area contributed by atoms with Crippen molar-refractivity contribution in [3.63, 3.8) is 0 Å². The summed E-state index contributed by atoms with van der Waals surface area (Å²) in [7, 11) is 0. The van der Waals surface area contributed by atoms with E-state index in [9.17, 15) is 19.5 Å². The summed E-state index contributed by atoms with van der Waals surface area (Å²) in [5, 5.41) is 10.4. The van der Waals surface area contributed by atoms with Gasteiger partial charge in [0.15, 0.2) is 0 Å². The first-order valence-corrected chi connectivity index (χ1v) is 11.8. The van der Waals surface area contributed by atoms with E-state index in [2.05, 4.69) is 33.4 Å². The van der Waals surface area contributed by atoms with Gasteiger partial charge in [0.2, 0.25) is 0 Å². The van der Waals surface area contributed by atoms with E-state index in [1.165, 1.54) is 37.3 Å². The molecule has 0 unspecified atom stereocenters. The Balaban J connectivity index is 1.87. The van der Waals surface area contributed by atoms with Gasteiger partial charge in [-0.25, -0.2) is 4.79 Å². The molecular weight excluding hydrogens is 420 g/mol. The monoisotopic (exact) mass is 458 g/mol. The second kappa shape index (κ2) is 12.1. The van der Waals surface area contributed by atoms with E-state index in [1.807, 2.05) is 0 Å². The van der Waals surface area contributed by atoms with E-state index >= 15 is 0 Å². The minimum absolute atomic E-state index is 0.121. The van der Waals surface area contributed by atoms with Crippen LogP contribution < -0.4 is 0 Å². The standard InChI is InChI=1S/C27H38O6/c1-18(2)27(14-7-9-20(27)4)15-13-19(3)8-6-10-22(17-28)11-12-24(30)23-16-25(31)33-26(23)32-21(5)29/h8,11,16-17,20,24,26,30H,1,6-7,9-10,12-15H2,2-5H3/t20-,24-,26+,27+/m1/s1. The van der Waals surface area contributed by atoms with Crippen molar-refractivity contribution in [1.29, 1.82) is 0 Å². The van der Waals surface area contributed by atoms with Crippen molar-refractivity contribution >= 4 is 18.2 Å². The molecular formula is C27H38O6. The first-order chi connectivity index (χ1) is 15.6. The summed E-state index contributed by atoms with van der Waals surface area (Å²) in [6, 6.07) is 0. The molecule has 2 aliphatic rings. The lowest BCUT2D eigenvalue weighted by molar-refractivity contribution is -0.173. The Hall–Kier alpha value is -2.47. The van der Waals surface area contributed by atoms with Gasteiger partial charge in [-0.3, -0.25) is 9.59 Å². The Bertz CT molecular complexity index is 849. The van der Waals surface area contributed by atoms with E-state index < -0.39 is 24.3 Å². The fourth-order valence-electron chi connectivity index (χ4n) is 4.99. The SMILES string of the molecule is C=C(C)[C@@]1(CCC(C)=CCCC(C=O)=CC[C@@H](O)C2=CC(=O)O[C@@H]2OC(C)=O)CCC[C@H]1C. The van der Waals surface area contributed by atoms with Crippen LogP contribution in [-0.2, 0) is 23.9 Å². The summed E-state index contributed by atoms with van der Waals surface area (Å²) in [6.45, 7) is 12.1. The molecule has 0 aromatic carbocycles. The summed E-state index contributed by atoms with van der Waals surface area (Å²) >= 11 is 0. The predicted octanol–water partition coefficient (Wildman–Crippen LogP) is 5.12. The van der Waals surface area contributed by atoms with Gasteiger partial charge in [0, 0.05) is 18.6 Å². The molecule has 6 heteroatoms. The molecule has 0 amide bonds. The third-order valence-electron chi connectivity index (χ3n) is 7.14. The van der Waals surface area contributed by atoms with Crippen molar-refractivity contribution in [2.45, 2.75) is 91.5 Å². The van der Waals surface area contributed by atoms with Gasteiger partial charge in [-0.1, -0.05) is 43.2 Å². The molecule has 1 heterocycles. The molecule has 1 N–H and O–H groups in total. The Kier molecular flexibility index (Phi) is 9.84. The molecule has 4 atom stereocenters. The molecule has 0 bridgehead atoms. The molecule has 1 aliphatic carbocycles. The first-order valence-electron chi connectivity index (χ1n) is 11.8. The average Bonchev–Trinajstić information content (AvgIpc) is 3.30. The zero-order valence-corrected chi connectivity index (χ0v) is 20.4. The molecule has 33 heavy (non-hydrogen) atoms. The second-order valence-electron chi connectivity index (χ2n) is 9.49. The molecule has 1 fully saturated rings. The van der Waals surface area contributed by atoms with Crippen LogP contribution in [0.2, 0.25) is 0 Å². The van der Waals surface area contributed by atoms with Gasteiger partial charge in [-0.15, -0.1) is 0 Å². The van der Waals surface area contributed by atoms with Crippen LogP contribution in [0.1, 0.15) is 79.1 Å². The third-order valence-corrected chi connectivity index (χ3v) is 7.14. The molecule has 1 saturated carbocycles. The number of hydrogen-bond acceptors (Lipinski definition) is 6. The normalized spacial score (nSPS) is 26.6. The fraction of sp³-hybridized carbons (Fsp3) is 0.593. The molecule has 6 nitrogen and oxygen atoms in total. The van der Waals surface area contributed by atoms with E-state index in [-0.39, 0.29) is 17.4 Å². The first kappa shape index (κ1) is 26.8. The summed E-state index contributed by atoms with van der Waals surface area (Å²) in [6.07, 6.45) is 10.8. The summed E-state index contributed by atoms with van der Waals surface area (Å²) in [5.41, 5.74) is 3.63. The minimum atomic E-state index is -1.21.